The number of hydrogen-bond acceptors (Lipinski definition) is 5. The fraction of sp³-hybridized carbons (Fsp3) is 0.278. The normalized spacial score (nSPS) is 14.0. The van der Waals surface area contributed by atoms with E-state index in [0.717, 1.165) is 40.1 Å². The van der Waals surface area contributed by atoms with Crippen LogP contribution < -0.4 is 11.1 Å². The zero-order chi connectivity index (χ0) is 18.6. The Labute approximate surface area is 164 Å². The molecule has 8 heteroatoms. The Hall–Kier alpha value is -1.89. The fourth-order valence-corrected chi connectivity index (χ4v) is 4.57. The summed E-state index contributed by atoms with van der Waals surface area (Å²) in [5, 5.41) is 4.40. The molecular formula is C18H16Cl2N4OS. The van der Waals surface area contributed by atoms with E-state index in [1.807, 2.05) is 13.8 Å². The number of carbonyl (C=O) groups excluding carboxylic acids is 1. The highest BCUT2D eigenvalue weighted by Crippen LogP contribution is 2.40. The third-order valence-electron chi connectivity index (χ3n) is 4.47. The Bertz CT molecular complexity index is 1040. The zero-order valence-corrected chi connectivity index (χ0v) is 16.5. The van der Waals surface area contributed by atoms with Gasteiger partial charge in [-0.15, -0.1) is 11.3 Å². The van der Waals surface area contributed by atoms with Crippen LogP contribution in [0.5, 0.6) is 0 Å². The predicted molar refractivity (Wildman–Crippen MR) is 108 cm³/mol. The number of nitrogens with one attached hydrogen (secondary N) is 1. The molecule has 0 radical (unpaired) electrons. The zero-order valence-electron chi connectivity index (χ0n) is 14.2. The quantitative estimate of drug-likeness (QED) is 0.576. The van der Waals surface area contributed by atoms with Crippen molar-refractivity contribution in [1.82, 2.24) is 9.97 Å². The number of nitrogens with zero attached hydrogens (tertiary/aromatic N) is 2. The number of halogens is 2. The lowest BCUT2D eigenvalue weighted by atomic mass is 10.1. The number of carbonyl (C=O) groups is 1. The number of thiophene rings is 1. The van der Waals surface area contributed by atoms with Gasteiger partial charge in [0.25, 0.3) is 5.91 Å². The van der Waals surface area contributed by atoms with Gasteiger partial charge >= 0.3 is 0 Å². The molecule has 0 atom stereocenters. The maximum atomic E-state index is 12.8. The van der Waals surface area contributed by atoms with E-state index in [2.05, 4.69) is 15.3 Å². The number of aromatic nitrogens is 2. The van der Waals surface area contributed by atoms with E-state index in [1.54, 1.807) is 12.1 Å². The molecule has 0 bridgehead atoms. The lowest BCUT2D eigenvalue weighted by Crippen LogP contribution is -2.11. The highest BCUT2D eigenvalue weighted by molar-refractivity contribution is 7.20. The van der Waals surface area contributed by atoms with Crippen LogP contribution in [0.2, 0.25) is 10.0 Å². The number of amides is 1. The lowest BCUT2D eigenvalue weighted by Gasteiger charge is -2.08. The number of nitrogen functional groups attached to an aromatic ring is 1. The predicted octanol–water partition coefficient (Wildman–Crippen LogP) is 5.33. The van der Waals surface area contributed by atoms with Crippen LogP contribution in [0.25, 0.3) is 10.2 Å². The van der Waals surface area contributed by atoms with E-state index in [9.17, 15) is 4.79 Å². The third kappa shape index (κ3) is 3.02. The molecule has 1 aliphatic rings. The van der Waals surface area contributed by atoms with E-state index < -0.39 is 0 Å². The van der Waals surface area contributed by atoms with E-state index in [-0.39, 0.29) is 5.91 Å². The molecule has 0 spiro atoms. The molecule has 0 aliphatic heterocycles. The van der Waals surface area contributed by atoms with Crippen LogP contribution in [0.15, 0.2) is 12.1 Å². The Balaban J connectivity index is 1.71. The summed E-state index contributed by atoms with van der Waals surface area (Å²) < 4.78 is 0. The maximum Gasteiger partial charge on any atom is 0.266 e. The molecule has 2 aromatic heterocycles. The molecule has 0 saturated heterocycles. The molecule has 1 aromatic carbocycles. The van der Waals surface area contributed by atoms with Crippen LogP contribution in [-0.4, -0.2) is 15.9 Å². The first kappa shape index (κ1) is 17.5. The van der Waals surface area contributed by atoms with Crippen molar-refractivity contribution >= 4 is 62.0 Å². The molecule has 3 aromatic rings. The number of aryl methyl sites for hydroxylation is 2. The van der Waals surface area contributed by atoms with Crippen LogP contribution in [0.3, 0.4) is 0 Å². The minimum atomic E-state index is -0.227. The second-order valence-electron chi connectivity index (χ2n) is 6.49. The van der Waals surface area contributed by atoms with Gasteiger partial charge in [0.05, 0.1) is 26.3 Å². The largest absolute Gasteiger partial charge is 0.396 e. The summed E-state index contributed by atoms with van der Waals surface area (Å²) in [7, 11) is 0. The molecule has 2 heterocycles. The number of nitrogens with two attached hydrogens (primary N) is 1. The van der Waals surface area contributed by atoms with Crippen molar-refractivity contribution in [3.63, 3.8) is 0 Å². The summed E-state index contributed by atoms with van der Waals surface area (Å²) in [6.07, 6.45) is 2.28. The standard InChI is InChI=1S/C18H16Cl2N4OS/c1-7-13-8(2)22-16(9-3-4-9)24-18(13)26-15(7)17(25)23-10-5-11(19)14(21)12(20)6-10/h5-6,9H,3-4,21H2,1-2H3,(H,23,25). The molecule has 5 nitrogen and oxygen atoms in total. The smallest absolute Gasteiger partial charge is 0.266 e. The Kier molecular flexibility index (Phi) is 4.29. The summed E-state index contributed by atoms with van der Waals surface area (Å²) in [4.78, 5) is 23.6. The topological polar surface area (TPSA) is 80.9 Å². The average molecular weight is 407 g/mol. The fourth-order valence-electron chi connectivity index (χ4n) is 2.94. The van der Waals surface area contributed by atoms with Crippen LogP contribution in [0.1, 0.15) is 45.5 Å². The number of hydrogen-bond donors (Lipinski definition) is 2. The first-order valence-corrected chi connectivity index (χ1v) is 9.76. The summed E-state index contributed by atoms with van der Waals surface area (Å²) in [6, 6.07) is 3.17. The molecule has 0 unspecified atom stereocenters. The van der Waals surface area contributed by atoms with Crippen molar-refractivity contribution in [1.29, 1.82) is 0 Å². The van der Waals surface area contributed by atoms with Gasteiger partial charge in [0.1, 0.15) is 10.7 Å². The number of fused-ring (bicyclic) bond motifs is 1. The molecule has 3 N–H and O–H groups in total. The van der Waals surface area contributed by atoms with Crippen molar-refractivity contribution in [3.8, 4) is 0 Å². The van der Waals surface area contributed by atoms with Gasteiger partial charge in [-0.05, 0) is 44.4 Å². The number of rotatable bonds is 3. The van der Waals surface area contributed by atoms with Gasteiger partial charge in [0.15, 0.2) is 0 Å². The monoisotopic (exact) mass is 406 g/mol. The lowest BCUT2D eigenvalue weighted by molar-refractivity contribution is 0.103. The van der Waals surface area contributed by atoms with E-state index in [1.165, 1.54) is 11.3 Å². The molecular weight excluding hydrogens is 391 g/mol. The second kappa shape index (κ2) is 6.37. The highest BCUT2D eigenvalue weighted by Gasteiger charge is 2.28. The molecule has 1 amide bonds. The Morgan fingerprint density at radius 1 is 1.23 bits per heavy atom. The van der Waals surface area contributed by atoms with E-state index in [0.29, 0.717) is 32.2 Å². The van der Waals surface area contributed by atoms with Gasteiger partial charge in [-0.25, -0.2) is 9.97 Å². The van der Waals surface area contributed by atoms with E-state index in [4.69, 9.17) is 28.9 Å². The van der Waals surface area contributed by atoms with Gasteiger partial charge in [-0.2, -0.15) is 0 Å². The second-order valence-corrected chi connectivity index (χ2v) is 8.30. The average Bonchev–Trinajstić information content (AvgIpc) is 3.36. The van der Waals surface area contributed by atoms with Crippen molar-refractivity contribution in [2.75, 3.05) is 11.1 Å². The first-order chi connectivity index (χ1) is 12.3. The summed E-state index contributed by atoms with van der Waals surface area (Å²) >= 11 is 13.5. The van der Waals surface area contributed by atoms with Crippen LogP contribution in [0.4, 0.5) is 11.4 Å². The highest BCUT2D eigenvalue weighted by atomic mass is 35.5. The van der Waals surface area contributed by atoms with Crippen LogP contribution in [-0.2, 0) is 0 Å². The minimum Gasteiger partial charge on any atom is -0.396 e. The van der Waals surface area contributed by atoms with Crippen LogP contribution in [0, 0.1) is 13.8 Å². The van der Waals surface area contributed by atoms with E-state index >= 15 is 0 Å². The molecule has 4 rings (SSSR count). The van der Waals surface area contributed by atoms with Crippen LogP contribution >= 0.6 is 34.5 Å². The van der Waals surface area contributed by atoms with Crippen molar-refractivity contribution in [3.05, 3.63) is 44.1 Å². The summed E-state index contributed by atoms with van der Waals surface area (Å²) in [6.45, 7) is 3.89. The third-order valence-corrected chi connectivity index (χ3v) is 6.28. The molecule has 26 heavy (non-hydrogen) atoms. The van der Waals surface area contributed by atoms with Gasteiger partial charge in [0.2, 0.25) is 0 Å². The SMILES string of the molecule is Cc1nc(C2CC2)nc2sc(C(=O)Nc3cc(Cl)c(N)c(Cl)c3)c(C)c12. The van der Waals surface area contributed by atoms with Gasteiger partial charge in [-0.3, -0.25) is 4.79 Å². The molecule has 1 fully saturated rings. The molecule has 1 saturated carbocycles. The molecule has 134 valence electrons. The van der Waals surface area contributed by atoms with Gasteiger partial charge in [-0.1, -0.05) is 23.2 Å². The minimum absolute atomic E-state index is 0.227. The number of anilines is 2. The maximum absolute atomic E-state index is 12.8. The summed E-state index contributed by atoms with van der Waals surface area (Å²) in [5.74, 6) is 1.13. The summed E-state index contributed by atoms with van der Waals surface area (Å²) in [5.41, 5.74) is 8.33. The van der Waals surface area contributed by atoms with Crippen molar-refractivity contribution < 1.29 is 4.79 Å². The first-order valence-electron chi connectivity index (χ1n) is 8.18. The Morgan fingerprint density at radius 2 is 1.88 bits per heavy atom. The van der Waals surface area contributed by atoms with Gasteiger partial charge in [0, 0.05) is 17.0 Å². The van der Waals surface area contributed by atoms with Crippen molar-refractivity contribution in [2.24, 2.45) is 0 Å². The number of benzene rings is 1. The molecule has 1 aliphatic carbocycles. The Morgan fingerprint density at radius 3 is 2.50 bits per heavy atom. The van der Waals surface area contributed by atoms with Crippen molar-refractivity contribution in [2.45, 2.75) is 32.6 Å². The van der Waals surface area contributed by atoms with Gasteiger partial charge < -0.3 is 11.1 Å².